The number of rotatable bonds is 4. The Balaban J connectivity index is 1.78. The Hall–Kier alpha value is -3.28. The number of methoxy groups -OCH3 is 1. The van der Waals surface area contributed by atoms with Gasteiger partial charge in [0, 0.05) is 35.5 Å². The first-order valence-corrected chi connectivity index (χ1v) is 10.2. The lowest BCUT2D eigenvalue weighted by molar-refractivity contribution is -0.119. The quantitative estimate of drug-likeness (QED) is 0.829. The van der Waals surface area contributed by atoms with Crippen LogP contribution in [0.25, 0.3) is 0 Å². The van der Waals surface area contributed by atoms with Crippen LogP contribution in [0.4, 0.5) is 5.82 Å². The maximum absolute atomic E-state index is 13.4. The monoisotopic (exact) mass is 403 g/mol. The SMILES string of the molecule is COc1cccc([C@@H]2C3=C(CCCC3=O)N=C(C)C2C(=O)Nc2cc(C)ccn2)c1. The molecule has 1 aromatic carbocycles. The summed E-state index contributed by atoms with van der Waals surface area (Å²) >= 11 is 0. The number of nitrogens with one attached hydrogen (secondary N) is 1. The minimum absolute atomic E-state index is 0.0757. The number of Topliss-reactive ketones (excluding diaryl/α,β-unsaturated/α-hetero) is 1. The summed E-state index contributed by atoms with van der Waals surface area (Å²) in [5, 5.41) is 2.93. The molecule has 1 aromatic heterocycles. The maximum Gasteiger partial charge on any atom is 0.235 e. The van der Waals surface area contributed by atoms with Gasteiger partial charge in [-0.1, -0.05) is 12.1 Å². The van der Waals surface area contributed by atoms with Gasteiger partial charge >= 0.3 is 0 Å². The second kappa shape index (κ2) is 8.22. The lowest BCUT2D eigenvalue weighted by atomic mass is 9.71. The van der Waals surface area contributed by atoms with Gasteiger partial charge < -0.3 is 10.1 Å². The predicted octanol–water partition coefficient (Wildman–Crippen LogP) is 4.22. The van der Waals surface area contributed by atoms with Crippen molar-refractivity contribution in [2.24, 2.45) is 10.9 Å². The van der Waals surface area contributed by atoms with Gasteiger partial charge in [0.25, 0.3) is 0 Å². The number of carbonyl (C=O) groups excluding carboxylic acids is 2. The second-order valence-electron chi connectivity index (χ2n) is 7.83. The molecule has 1 unspecified atom stereocenters. The molecule has 1 amide bonds. The van der Waals surface area contributed by atoms with Gasteiger partial charge in [0.15, 0.2) is 5.78 Å². The first-order chi connectivity index (χ1) is 14.5. The summed E-state index contributed by atoms with van der Waals surface area (Å²) in [6.07, 6.45) is 3.70. The standard InChI is InChI=1S/C24H25N3O3/c1-14-10-11-25-20(12-14)27-24(29)21-15(2)26-18-8-5-9-19(28)23(18)22(21)16-6-4-7-17(13-16)30-3/h4,6-7,10-13,21-22H,5,8-9H2,1-3H3,(H,25,27,29)/t21?,22-/m0/s1. The van der Waals surface area contributed by atoms with Crippen molar-refractivity contribution in [2.45, 2.75) is 39.0 Å². The Morgan fingerprint density at radius 1 is 1.17 bits per heavy atom. The number of hydrogen-bond acceptors (Lipinski definition) is 5. The fourth-order valence-corrected chi connectivity index (χ4v) is 4.35. The topological polar surface area (TPSA) is 80.6 Å². The number of anilines is 1. The molecule has 6 nitrogen and oxygen atoms in total. The molecule has 1 N–H and O–H groups in total. The molecule has 1 aliphatic carbocycles. The Kier molecular flexibility index (Phi) is 5.48. The molecule has 4 rings (SSSR count). The van der Waals surface area contributed by atoms with Gasteiger partial charge in [0.05, 0.1) is 13.0 Å². The van der Waals surface area contributed by atoms with E-state index in [1.165, 1.54) is 0 Å². The van der Waals surface area contributed by atoms with Crippen LogP contribution in [0.15, 0.2) is 58.9 Å². The normalized spacial score (nSPS) is 21.0. The van der Waals surface area contributed by atoms with Gasteiger partial charge in [-0.15, -0.1) is 0 Å². The van der Waals surface area contributed by atoms with Crippen molar-refractivity contribution in [3.63, 3.8) is 0 Å². The van der Waals surface area contributed by atoms with E-state index < -0.39 is 11.8 Å². The van der Waals surface area contributed by atoms with Crippen molar-refractivity contribution in [3.8, 4) is 5.75 Å². The fourth-order valence-electron chi connectivity index (χ4n) is 4.35. The summed E-state index contributed by atoms with van der Waals surface area (Å²) in [5.41, 5.74) is 4.07. The van der Waals surface area contributed by atoms with E-state index in [-0.39, 0.29) is 11.7 Å². The van der Waals surface area contributed by atoms with E-state index in [9.17, 15) is 9.59 Å². The number of pyridine rings is 1. The van der Waals surface area contributed by atoms with Gasteiger partial charge in [0.1, 0.15) is 11.6 Å². The molecular formula is C24H25N3O3. The molecule has 0 fully saturated rings. The smallest absolute Gasteiger partial charge is 0.235 e. The second-order valence-corrected chi connectivity index (χ2v) is 7.83. The van der Waals surface area contributed by atoms with Crippen LogP contribution in [0.5, 0.6) is 5.75 Å². The van der Waals surface area contributed by atoms with Crippen LogP contribution >= 0.6 is 0 Å². The zero-order valence-electron chi connectivity index (χ0n) is 17.4. The van der Waals surface area contributed by atoms with Crippen molar-refractivity contribution in [3.05, 3.63) is 65.0 Å². The summed E-state index contributed by atoms with van der Waals surface area (Å²) in [7, 11) is 1.61. The number of aliphatic imine (C=N–C) groups is 1. The summed E-state index contributed by atoms with van der Waals surface area (Å²) < 4.78 is 5.40. The number of allylic oxidation sites excluding steroid dienone is 2. The van der Waals surface area contributed by atoms with Crippen LogP contribution in [-0.4, -0.2) is 29.5 Å². The minimum Gasteiger partial charge on any atom is -0.497 e. The summed E-state index contributed by atoms with van der Waals surface area (Å²) in [6, 6.07) is 11.3. The Morgan fingerprint density at radius 2 is 2.00 bits per heavy atom. The third-order valence-corrected chi connectivity index (χ3v) is 5.74. The van der Waals surface area contributed by atoms with Gasteiger partial charge in [-0.3, -0.25) is 14.6 Å². The number of hydrogen-bond donors (Lipinski definition) is 1. The van der Waals surface area contributed by atoms with Crippen LogP contribution in [0.2, 0.25) is 0 Å². The molecule has 1 aliphatic heterocycles. The lowest BCUT2D eigenvalue weighted by Gasteiger charge is -2.35. The van der Waals surface area contributed by atoms with Crippen molar-refractivity contribution in [2.75, 3.05) is 12.4 Å². The molecule has 2 aliphatic rings. The number of benzene rings is 1. The number of amides is 1. The molecule has 0 spiro atoms. The number of aryl methyl sites for hydroxylation is 1. The van der Waals surface area contributed by atoms with E-state index in [0.29, 0.717) is 29.3 Å². The van der Waals surface area contributed by atoms with Gasteiger partial charge in [-0.25, -0.2) is 4.98 Å². The number of ether oxygens (including phenoxy) is 1. The molecule has 2 heterocycles. The molecule has 2 atom stereocenters. The summed E-state index contributed by atoms with van der Waals surface area (Å²) in [6.45, 7) is 3.81. The Bertz CT molecular complexity index is 1070. The van der Waals surface area contributed by atoms with E-state index >= 15 is 0 Å². The molecule has 30 heavy (non-hydrogen) atoms. The van der Waals surface area contributed by atoms with Gasteiger partial charge in [0.2, 0.25) is 5.91 Å². The summed E-state index contributed by atoms with van der Waals surface area (Å²) in [5.74, 6) is 0.0499. The highest BCUT2D eigenvalue weighted by molar-refractivity contribution is 6.13. The summed E-state index contributed by atoms with van der Waals surface area (Å²) in [4.78, 5) is 35.3. The van der Waals surface area contributed by atoms with Crippen molar-refractivity contribution < 1.29 is 14.3 Å². The van der Waals surface area contributed by atoms with Crippen LogP contribution < -0.4 is 10.1 Å². The highest BCUT2D eigenvalue weighted by Crippen LogP contribution is 2.44. The Labute approximate surface area is 176 Å². The van der Waals surface area contributed by atoms with E-state index in [0.717, 1.165) is 29.7 Å². The molecule has 0 saturated heterocycles. The van der Waals surface area contributed by atoms with E-state index in [4.69, 9.17) is 9.73 Å². The fraction of sp³-hybridized carbons (Fsp3) is 0.333. The lowest BCUT2D eigenvalue weighted by Crippen LogP contribution is -2.39. The molecule has 0 saturated carbocycles. The third-order valence-electron chi connectivity index (χ3n) is 5.74. The highest BCUT2D eigenvalue weighted by Gasteiger charge is 2.42. The zero-order chi connectivity index (χ0) is 21.3. The van der Waals surface area contributed by atoms with Gasteiger partial charge in [-0.2, -0.15) is 0 Å². The third kappa shape index (κ3) is 3.77. The van der Waals surface area contributed by atoms with Crippen LogP contribution in [0.1, 0.15) is 43.2 Å². The minimum atomic E-state index is -0.597. The zero-order valence-corrected chi connectivity index (χ0v) is 17.4. The first-order valence-electron chi connectivity index (χ1n) is 10.2. The molecule has 0 radical (unpaired) electrons. The number of nitrogens with zero attached hydrogens (tertiary/aromatic N) is 2. The van der Waals surface area contributed by atoms with E-state index in [1.807, 2.05) is 50.2 Å². The van der Waals surface area contributed by atoms with Crippen molar-refractivity contribution >= 4 is 23.2 Å². The predicted molar refractivity (Wildman–Crippen MR) is 116 cm³/mol. The molecular weight excluding hydrogens is 378 g/mol. The average Bonchev–Trinajstić information content (AvgIpc) is 2.73. The highest BCUT2D eigenvalue weighted by atomic mass is 16.5. The maximum atomic E-state index is 13.4. The van der Waals surface area contributed by atoms with Crippen LogP contribution in [0, 0.1) is 12.8 Å². The molecule has 2 aromatic rings. The first kappa shape index (κ1) is 20.0. The average molecular weight is 403 g/mol. The van der Waals surface area contributed by atoms with Crippen molar-refractivity contribution in [1.82, 2.24) is 4.98 Å². The van der Waals surface area contributed by atoms with Crippen LogP contribution in [0.3, 0.4) is 0 Å². The molecule has 154 valence electrons. The number of ketones is 1. The largest absolute Gasteiger partial charge is 0.497 e. The number of aromatic nitrogens is 1. The Morgan fingerprint density at radius 3 is 2.77 bits per heavy atom. The van der Waals surface area contributed by atoms with E-state index in [1.54, 1.807) is 13.3 Å². The molecule has 6 heteroatoms. The molecule has 0 bridgehead atoms. The van der Waals surface area contributed by atoms with Crippen molar-refractivity contribution in [1.29, 1.82) is 0 Å². The van der Waals surface area contributed by atoms with Crippen LogP contribution in [-0.2, 0) is 9.59 Å². The van der Waals surface area contributed by atoms with E-state index in [2.05, 4.69) is 10.3 Å². The number of carbonyl (C=O) groups is 2. The van der Waals surface area contributed by atoms with Gasteiger partial charge in [-0.05, 0) is 62.1 Å².